The highest BCUT2D eigenvalue weighted by molar-refractivity contribution is 5.83. The summed E-state index contributed by atoms with van der Waals surface area (Å²) in [5.41, 5.74) is 5.57. The summed E-state index contributed by atoms with van der Waals surface area (Å²) in [6.07, 6.45) is 1.64. The van der Waals surface area contributed by atoms with Gasteiger partial charge in [0.2, 0.25) is 5.91 Å². The number of rotatable bonds is 11. The van der Waals surface area contributed by atoms with E-state index < -0.39 is 0 Å². The van der Waals surface area contributed by atoms with Crippen LogP contribution in [0, 0.1) is 11.3 Å². The third-order valence-electron chi connectivity index (χ3n) is 4.65. The van der Waals surface area contributed by atoms with Gasteiger partial charge in [0.25, 0.3) is 0 Å². The number of likely N-dealkylation sites (N-methyl/N-ethyl adjacent to an activating group) is 1. The lowest BCUT2D eigenvalue weighted by Crippen LogP contribution is -2.50. The smallest absolute Gasteiger partial charge is 0.230 e. The average molecular weight is 300 g/mol. The monoisotopic (exact) mass is 299 g/mol. The summed E-state index contributed by atoms with van der Waals surface area (Å²) in [6.45, 7) is 17.9. The molecule has 0 heterocycles. The van der Waals surface area contributed by atoms with Crippen LogP contribution in [0.2, 0.25) is 0 Å². The third-order valence-corrected chi connectivity index (χ3v) is 4.65. The van der Waals surface area contributed by atoms with Crippen LogP contribution < -0.4 is 5.73 Å². The Morgan fingerprint density at radius 2 is 1.57 bits per heavy atom. The van der Waals surface area contributed by atoms with Gasteiger partial charge in [-0.15, -0.1) is 0 Å². The Kier molecular flexibility index (Phi) is 9.88. The molecule has 0 unspecified atom stereocenters. The van der Waals surface area contributed by atoms with Crippen molar-refractivity contribution in [3.8, 4) is 0 Å². The van der Waals surface area contributed by atoms with Crippen LogP contribution in [0.3, 0.4) is 0 Å². The highest BCUT2D eigenvalue weighted by Gasteiger charge is 2.36. The Bertz CT molecular complexity index is 275. The number of nitrogens with two attached hydrogens (primary N) is 1. The topological polar surface area (TPSA) is 49.6 Å². The third kappa shape index (κ3) is 5.95. The highest BCUT2D eigenvalue weighted by atomic mass is 16.2. The van der Waals surface area contributed by atoms with E-state index in [2.05, 4.69) is 46.4 Å². The van der Waals surface area contributed by atoms with Crippen molar-refractivity contribution in [2.45, 2.75) is 54.4 Å². The van der Waals surface area contributed by atoms with Gasteiger partial charge in [-0.05, 0) is 31.8 Å². The summed E-state index contributed by atoms with van der Waals surface area (Å²) < 4.78 is 0. The summed E-state index contributed by atoms with van der Waals surface area (Å²) >= 11 is 0. The van der Waals surface area contributed by atoms with Gasteiger partial charge >= 0.3 is 0 Å². The van der Waals surface area contributed by atoms with Gasteiger partial charge in [0.1, 0.15) is 0 Å². The molecule has 0 aliphatic carbocycles. The van der Waals surface area contributed by atoms with Crippen molar-refractivity contribution in [3.05, 3.63) is 0 Å². The van der Waals surface area contributed by atoms with Crippen molar-refractivity contribution in [1.82, 2.24) is 9.80 Å². The molecule has 4 heteroatoms. The first-order valence-electron chi connectivity index (χ1n) is 8.62. The molecule has 0 saturated carbocycles. The summed E-state index contributed by atoms with van der Waals surface area (Å²) in [4.78, 5) is 17.4. The van der Waals surface area contributed by atoms with Gasteiger partial charge in [-0.3, -0.25) is 4.79 Å². The second kappa shape index (κ2) is 10.2. The molecule has 0 bridgehead atoms. The number of hydrogen-bond donors (Lipinski definition) is 1. The molecule has 21 heavy (non-hydrogen) atoms. The number of nitrogens with zero attached hydrogens (tertiary/aromatic N) is 2. The first kappa shape index (κ1) is 20.4. The minimum atomic E-state index is -0.377. The number of hydrogen-bond acceptors (Lipinski definition) is 3. The molecule has 0 saturated heterocycles. The predicted molar refractivity (Wildman–Crippen MR) is 91.3 cm³/mol. The van der Waals surface area contributed by atoms with Crippen LogP contribution in [0.1, 0.15) is 54.4 Å². The van der Waals surface area contributed by atoms with Crippen LogP contribution in [-0.4, -0.2) is 55.0 Å². The molecule has 0 rings (SSSR count). The van der Waals surface area contributed by atoms with Crippen molar-refractivity contribution >= 4 is 5.91 Å². The Morgan fingerprint density at radius 1 is 1.05 bits per heavy atom. The van der Waals surface area contributed by atoms with E-state index in [-0.39, 0.29) is 11.3 Å². The van der Waals surface area contributed by atoms with Gasteiger partial charge in [0.05, 0.1) is 5.41 Å². The average Bonchev–Trinajstić information content (AvgIpc) is 2.48. The van der Waals surface area contributed by atoms with Crippen LogP contribution in [0.15, 0.2) is 0 Å². The maximum Gasteiger partial charge on any atom is 0.230 e. The molecule has 0 aromatic carbocycles. The molecule has 126 valence electrons. The SMILES string of the molecule is CCN(CC)CCN(CC(C)C)C(=O)C(CC)(CC)CN. The van der Waals surface area contributed by atoms with Crippen LogP contribution in [-0.2, 0) is 4.79 Å². The van der Waals surface area contributed by atoms with Gasteiger partial charge in [-0.25, -0.2) is 0 Å². The van der Waals surface area contributed by atoms with E-state index in [0.29, 0.717) is 12.5 Å². The van der Waals surface area contributed by atoms with Crippen LogP contribution in [0.4, 0.5) is 0 Å². The molecule has 0 aromatic rings. The first-order valence-corrected chi connectivity index (χ1v) is 8.62. The minimum absolute atomic E-state index is 0.246. The summed E-state index contributed by atoms with van der Waals surface area (Å²) in [6, 6.07) is 0. The molecule has 0 spiro atoms. The fraction of sp³-hybridized carbons (Fsp3) is 0.941. The summed E-state index contributed by atoms with van der Waals surface area (Å²) in [5, 5.41) is 0. The lowest BCUT2D eigenvalue weighted by molar-refractivity contribution is -0.143. The normalized spacial score (nSPS) is 12.2. The fourth-order valence-corrected chi connectivity index (χ4v) is 2.78. The zero-order valence-corrected chi connectivity index (χ0v) is 15.1. The van der Waals surface area contributed by atoms with Crippen LogP contribution >= 0.6 is 0 Å². The van der Waals surface area contributed by atoms with Crippen molar-refractivity contribution in [3.63, 3.8) is 0 Å². The van der Waals surface area contributed by atoms with E-state index in [9.17, 15) is 4.79 Å². The second-order valence-corrected chi connectivity index (χ2v) is 6.36. The Hall–Kier alpha value is -0.610. The first-order chi connectivity index (χ1) is 9.90. The molecule has 0 aliphatic heterocycles. The van der Waals surface area contributed by atoms with Crippen molar-refractivity contribution < 1.29 is 4.79 Å². The quantitative estimate of drug-likeness (QED) is 0.638. The van der Waals surface area contributed by atoms with Gasteiger partial charge in [0, 0.05) is 26.2 Å². The molecule has 0 fully saturated rings. The molecular weight excluding hydrogens is 262 g/mol. The molecule has 4 nitrogen and oxygen atoms in total. The van der Waals surface area contributed by atoms with E-state index >= 15 is 0 Å². The summed E-state index contributed by atoms with van der Waals surface area (Å²) in [7, 11) is 0. The lowest BCUT2D eigenvalue weighted by atomic mass is 9.80. The predicted octanol–water partition coefficient (Wildman–Crippen LogP) is 2.58. The highest BCUT2D eigenvalue weighted by Crippen LogP contribution is 2.28. The van der Waals surface area contributed by atoms with E-state index in [1.165, 1.54) is 0 Å². The van der Waals surface area contributed by atoms with Gasteiger partial charge in [0.15, 0.2) is 0 Å². The van der Waals surface area contributed by atoms with E-state index in [0.717, 1.165) is 45.6 Å². The van der Waals surface area contributed by atoms with Gasteiger partial charge in [-0.1, -0.05) is 41.5 Å². The van der Waals surface area contributed by atoms with Gasteiger partial charge < -0.3 is 15.5 Å². The van der Waals surface area contributed by atoms with Crippen molar-refractivity contribution in [2.75, 3.05) is 39.3 Å². The number of carbonyl (C=O) groups excluding carboxylic acids is 1. The molecule has 0 atom stereocenters. The molecule has 1 amide bonds. The molecular formula is C17H37N3O. The molecule has 0 aromatic heterocycles. The van der Waals surface area contributed by atoms with Crippen molar-refractivity contribution in [1.29, 1.82) is 0 Å². The van der Waals surface area contributed by atoms with E-state index in [1.54, 1.807) is 0 Å². The standard InChI is InChI=1S/C17H37N3O/c1-7-17(8-2,14-18)16(21)20(13-15(5)6)12-11-19(9-3)10-4/h15H,7-14,18H2,1-6H3. The number of amides is 1. The number of carbonyl (C=O) groups is 1. The maximum absolute atomic E-state index is 13.0. The largest absolute Gasteiger partial charge is 0.341 e. The van der Waals surface area contributed by atoms with Crippen molar-refractivity contribution in [2.24, 2.45) is 17.1 Å². The molecule has 2 N–H and O–H groups in total. The molecule has 0 radical (unpaired) electrons. The second-order valence-electron chi connectivity index (χ2n) is 6.36. The fourth-order valence-electron chi connectivity index (χ4n) is 2.78. The van der Waals surface area contributed by atoms with E-state index in [1.807, 2.05) is 4.90 Å². The zero-order chi connectivity index (χ0) is 16.5. The van der Waals surface area contributed by atoms with Gasteiger partial charge in [-0.2, -0.15) is 0 Å². The summed E-state index contributed by atoms with van der Waals surface area (Å²) in [5.74, 6) is 0.727. The van der Waals surface area contributed by atoms with Crippen LogP contribution in [0.5, 0.6) is 0 Å². The minimum Gasteiger partial charge on any atom is -0.341 e. The Labute approximate surface area is 132 Å². The van der Waals surface area contributed by atoms with E-state index in [4.69, 9.17) is 5.73 Å². The Balaban J connectivity index is 4.99. The Morgan fingerprint density at radius 3 is 1.90 bits per heavy atom. The lowest BCUT2D eigenvalue weighted by Gasteiger charge is -2.37. The molecule has 0 aliphatic rings. The zero-order valence-electron chi connectivity index (χ0n) is 15.1. The van der Waals surface area contributed by atoms with Crippen LogP contribution in [0.25, 0.3) is 0 Å². The maximum atomic E-state index is 13.0.